The number of aryl methyl sites for hydroxylation is 2. The maximum atomic E-state index is 9.44. The van der Waals surface area contributed by atoms with Gasteiger partial charge in [-0.25, -0.2) is 0 Å². The van der Waals surface area contributed by atoms with Crippen LogP contribution in [0, 0.1) is 13.8 Å². The minimum atomic E-state index is 0.0914. The predicted molar refractivity (Wildman–Crippen MR) is 52.9 cm³/mol. The molecule has 1 aliphatic rings. The van der Waals surface area contributed by atoms with E-state index in [1.54, 1.807) is 0 Å². The molecule has 1 aromatic heterocycles. The number of aliphatic hydroxyl groups excluding tert-OH is 1. The summed E-state index contributed by atoms with van der Waals surface area (Å²) >= 11 is 0. The van der Waals surface area contributed by atoms with E-state index in [2.05, 4.69) is 18.8 Å². The van der Waals surface area contributed by atoms with E-state index in [-0.39, 0.29) is 5.41 Å². The zero-order chi connectivity index (χ0) is 9.47. The second-order valence-corrected chi connectivity index (χ2v) is 4.26. The summed E-state index contributed by atoms with van der Waals surface area (Å²) in [6.07, 6.45) is 5.58. The number of hydrogen-bond acceptors (Lipinski definition) is 1. The van der Waals surface area contributed by atoms with Crippen molar-refractivity contribution in [3.63, 3.8) is 0 Å². The number of rotatable bonds is 2. The van der Waals surface area contributed by atoms with Gasteiger partial charge < -0.3 is 10.1 Å². The maximum absolute atomic E-state index is 9.44. The second kappa shape index (κ2) is 2.88. The van der Waals surface area contributed by atoms with Gasteiger partial charge in [0.1, 0.15) is 0 Å². The van der Waals surface area contributed by atoms with Crippen LogP contribution in [0.1, 0.15) is 36.1 Å². The van der Waals surface area contributed by atoms with E-state index >= 15 is 0 Å². The van der Waals surface area contributed by atoms with Gasteiger partial charge >= 0.3 is 0 Å². The van der Waals surface area contributed by atoms with Crippen LogP contribution in [-0.4, -0.2) is 16.7 Å². The van der Waals surface area contributed by atoms with Gasteiger partial charge in [0.2, 0.25) is 0 Å². The van der Waals surface area contributed by atoms with Crippen molar-refractivity contribution < 1.29 is 5.11 Å². The minimum Gasteiger partial charge on any atom is -0.395 e. The predicted octanol–water partition coefficient (Wildman–Crippen LogP) is 2.05. The maximum Gasteiger partial charge on any atom is 0.0528 e. The Hall–Kier alpha value is -0.760. The number of aliphatic hydroxyl groups is 1. The Morgan fingerprint density at radius 2 is 2.15 bits per heavy atom. The van der Waals surface area contributed by atoms with Crippen LogP contribution in [0.25, 0.3) is 0 Å². The lowest BCUT2D eigenvalue weighted by molar-refractivity contribution is 0.119. The molecule has 1 aromatic rings. The van der Waals surface area contributed by atoms with Crippen LogP contribution in [0.5, 0.6) is 0 Å². The molecule has 1 aliphatic carbocycles. The SMILES string of the molecule is Cc1c[nH]c(C)c1C1(CO)CCC1. The molecule has 0 bridgehead atoms. The fourth-order valence-electron chi connectivity index (χ4n) is 2.56. The van der Waals surface area contributed by atoms with Crippen molar-refractivity contribution in [3.05, 3.63) is 23.0 Å². The molecular formula is C11H17NO. The second-order valence-electron chi connectivity index (χ2n) is 4.26. The molecule has 2 N–H and O–H groups in total. The molecule has 13 heavy (non-hydrogen) atoms. The van der Waals surface area contributed by atoms with Crippen molar-refractivity contribution >= 4 is 0 Å². The zero-order valence-electron chi connectivity index (χ0n) is 8.35. The van der Waals surface area contributed by atoms with Gasteiger partial charge in [-0.2, -0.15) is 0 Å². The molecule has 0 radical (unpaired) electrons. The largest absolute Gasteiger partial charge is 0.395 e. The third-order valence-corrected chi connectivity index (χ3v) is 3.42. The molecular weight excluding hydrogens is 162 g/mol. The smallest absolute Gasteiger partial charge is 0.0528 e. The average molecular weight is 179 g/mol. The Morgan fingerprint density at radius 3 is 2.46 bits per heavy atom. The quantitative estimate of drug-likeness (QED) is 0.716. The van der Waals surface area contributed by atoms with Gasteiger partial charge in [-0.3, -0.25) is 0 Å². The summed E-state index contributed by atoms with van der Waals surface area (Å²) in [4.78, 5) is 3.23. The Morgan fingerprint density at radius 1 is 1.46 bits per heavy atom. The standard InChI is InChI=1S/C11H17NO/c1-8-6-12-9(2)10(8)11(7-13)4-3-5-11/h6,12-13H,3-5,7H2,1-2H3. The number of aromatic amines is 1. The molecule has 1 saturated carbocycles. The molecule has 0 aromatic carbocycles. The first-order valence-electron chi connectivity index (χ1n) is 4.95. The number of aromatic nitrogens is 1. The third kappa shape index (κ3) is 1.12. The Kier molecular flexibility index (Phi) is 1.95. The number of H-pyrrole nitrogens is 1. The highest BCUT2D eigenvalue weighted by Gasteiger charge is 2.40. The van der Waals surface area contributed by atoms with Gasteiger partial charge in [0.25, 0.3) is 0 Å². The fourth-order valence-corrected chi connectivity index (χ4v) is 2.56. The van der Waals surface area contributed by atoms with Gasteiger partial charge in [0.15, 0.2) is 0 Å². The molecule has 72 valence electrons. The summed E-state index contributed by atoms with van der Waals surface area (Å²) < 4.78 is 0. The zero-order valence-corrected chi connectivity index (χ0v) is 8.35. The lowest BCUT2D eigenvalue weighted by atomic mass is 9.64. The fraction of sp³-hybridized carbons (Fsp3) is 0.636. The Balaban J connectivity index is 2.43. The Labute approximate surface area is 79.0 Å². The molecule has 0 spiro atoms. The van der Waals surface area contributed by atoms with Crippen molar-refractivity contribution in [1.82, 2.24) is 4.98 Å². The van der Waals surface area contributed by atoms with Gasteiger partial charge in [-0.05, 0) is 37.8 Å². The topological polar surface area (TPSA) is 36.0 Å². The van der Waals surface area contributed by atoms with Crippen molar-refractivity contribution in [2.75, 3.05) is 6.61 Å². The van der Waals surface area contributed by atoms with E-state index in [4.69, 9.17) is 0 Å². The normalized spacial score (nSPS) is 19.9. The highest BCUT2D eigenvalue weighted by atomic mass is 16.3. The highest BCUT2D eigenvalue weighted by molar-refractivity contribution is 5.38. The van der Waals surface area contributed by atoms with E-state index in [0.717, 1.165) is 12.8 Å². The molecule has 2 heteroatoms. The summed E-state index contributed by atoms with van der Waals surface area (Å²) in [6.45, 7) is 4.51. The summed E-state index contributed by atoms with van der Waals surface area (Å²) in [5, 5.41) is 9.44. The monoisotopic (exact) mass is 179 g/mol. The molecule has 0 atom stereocenters. The Bertz CT molecular complexity index is 285. The summed E-state index contributed by atoms with van der Waals surface area (Å²) in [7, 11) is 0. The first-order chi connectivity index (χ1) is 6.19. The van der Waals surface area contributed by atoms with E-state index in [9.17, 15) is 5.11 Å². The van der Waals surface area contributed by atoms with Crippen LogP contribution in [-0.2, 0) is 5.41 Å². The number of hydrogen-bond donors (Lipinski definition) is 2. The van der Waals surface area contributed by atoms with Crippen LogP contribution >= 0.6 is 0 Å². The van der Waals surface area contributed by atoms with Gasteiger partial charge in [0, 0.05) is 17.3 Å². The molecule has 0 aliphatic heterocycles. The van der Waals surface area contributed by atoms with Crippen molar-refractivity contribution in [2.45, 2.75) is 38.5 Å². The minimum absolute atomic E-state index is 0.0914. The van der Waals surface area contributed by atoms with Gasteiger partial charge in [0.05, 0.1) is 6.61 Å². The highest BCUT2D eigenvalue weighted by Crippen LogP contribution is 2.45. The lowest BCUT2D eigenvalue weighted by Crippen LogP contribution is -2.38. The van der Waals surface area contributed by atoms with Crippen LogP contribution in [0.15, 0.2) is 6.20 Å². The first kappa shape index (κ1) is 8.82. The molecule has 0 amide bonds. The first-order valence-corrected chi connectivity index (χ1v) is 4.95. The molecule has 0 saturated heterocycles. The van der Waals surface area contributed by atoms with Gasteiger partial charge in [-0.1, -0.05) is 6.42 Å². The van der Waals surface area contributed by atoms with Crippen LogP contribution in [0.2, 0.25) is 0 Å². The molecule has 0 unspecified atom stereocenters. The van der Waals surface area contributed by atoms with Gasteiger partial charge in [-0.15, -0.1) is 0 Å². The lowest BCUT2D eigenvalue weighted by Gasteiger charge is -2.41. The van der Waals surface area contributed by atoms with Crippen LogP contribution in [0.3, 0.4) is 0 Å². The molecule has 1 fully saturated rings. The van der Waals surface area contributed by atoms with E-state index in [1.165, 1.54) is 23.2 Å². The van der Waals surface area contributed by atoms with Crippen molar-refractivity contribution in [1.29, 1.82) is 0 Å². The van der Waals surface area contributed by atoms with E-state index in [1.807, 2.05) is 6.20 Å². The molecule has 2 nitrogen and oxygen atoms in total. The average Bonchev–Trinajstić information content (AvgIpc) is 2.35. The molecule has 2 rings (SSSR count). The summed E-state index contributed by atoms with van der Waals surface area (Å²) in [5.74, 6) is 0. The van der Waals surface area contributed by atoms with Crippen LogP contribution < -0.4 is 0 Å². The molecule has 1 heterocycles. The van der Waals surface area contributed by atoms with Crippen molar-refractivity contribution in [3.8, 4) is 0 Å². The van der Waals surface area contributed by atoms with Crippen LogP contribution in [0.4, 0.5) is 0 Å². The van der Waals surface area contributed by atoms with Crippen molar-refractivity contribution in [2.24, 2.45) is 0 Å². The van der Waals surface area contributed by atoms with E-state index in [0.29, 0.717) is 6.61 Å². The van der Waals surface area contributed by atoms with E-state index < -0.39 is 0 Å². The third-order valence-electron chi connectivity index (χ3n) is 3.42. The summed E-state index contributed by atoms with van der Waals surface area (Å²) in [6, 6.07) is 0. The summed E-state index contributed by atoms with van der Waals surface area (Å²) in [5.41, 5.74) is 3.98. The number of nitrogens with one attached hydrogen (secondary N) is 1.